The predicted molar refractivity (Wildman–Crippen MR) is 99.2 cm³/mol. The molecule has 0 aliphatic heterocycles. The number of hydrogen-bond donors (Lipinski definition) is 2. The van der Waals surface area contributed by atoms with Gasteiger partial charge < -0.3 is 20.7 Å². The van der Waals surface area contributed by atoms with Crippen LogP contribution in [0.1, 0.15) is 27.6 Å². The van der Waals surface area contributed by atoms with E-state index in [2.05, 4.69) is 5.32 Å². The molecular weight excluding hydrogens is 334 g/mol. The summed E-state index contributed by atoms with van der Waals surface area (Å²) in [5.41, 5.74) is 7.28. The standard InChI is InChI=1S/C19H21N3O4/c1-12(18(24)21-15-8-4-13(5-9-15)17(20)23)26-19(25)14-6-10-16(11-7-14)22(2)3/h4-12H,1-3H3,(H2,20,23)(H,21,24)/t12-/m0/s1. The number of carbonyl (C=O) groups excluding carboxylic acids is 3. The highest BCUT2D eigenvalue weighted by molar-refractivity contribution is 5.98. The van der Waals surface area contributed by atoms with Crippen LogP contribution in [-0.2, 0) is 9.53 Å². The maximum Gasteiger partial charge on any atom is 0.338 e. The lowest BCUT2D eigenvalue weighted by Gasteiger charge is -2.15. The molecule has 26 heavy (non-hydrogen) atoms. The van der Waals surface area contributed by atoms with Gasteiger partial charge in [0, 0.05) is 31.0 Å². The fraction of sp³-hybridized carbons (Fsp3) is 0.211. The largest absolute Gasteiger partial charge is 0.449 e. The van der Waals surface area contributed by atoms with Crippen molar-refractivity contribution in [1.82, 2.24) is 0 Å². The third-order valence-corrected chi connectivity index (χ3v) is 3.71. The molecule has 0 aliphatic carbocycles. The molecule has 7 heteroatoms. The zero-order valence-electron chi connectivity index (χ0n) is 14.9. The van der Waals surface area contributed by atoms with Crippen molar-refractivity contribution in [1.29, 1.82) is 0 Å². The Kier molecular flexibility index (Phi) is 5.95. The summed E-state index contributed by atoms with van der Waals surface area (Å²) in [6.07, 6.45) is -0.980. The van der Waals surface area contributed by atoms with E-state index in [1.165, 1.54) is 19.1 Å². The zero-order valence-corrected chi connectivity index (χ0v) is 14.9. The Morgan fingerprint density at radius 1 is 0.962 bits per heavy atom. The fourth-order valence-electron chi connectivity index (χ4n) is 2.14. The molecule has 3 N–H and O–H groups in total. The van der Waals surface area contributed by atoms with Gasteiger partial charge in [-0.2, -0.15) is 0 Å². The van der Waals surface area contributed by atoms with Crippen molar-refractivity contribution < 1.29 is 19.1 Å². The number of benzene rings is 2. The summed E-state index contributed by atoms with van der Waals surface area (Å²) in [4.78, 5) is 37.2. The number of hydrogen-bond acceptors (Lipinski definition) is 5. The molecule has 2 amide bonds. The molecule has 0 saturated heterocycles. The Balaban J connectivity index is 1.95. The number of nitrogens with zero attached hydrogens (tertiary/aromatic N) is 1. The van der Waals surface area contributed by atoms with Crippen molar-refractivity contribution in [3.8, 4) is 0 Å². The molecule has 0 heterocycles. The van der Waals surface area contributed by atoms with Gasteiger partial charge in [0.15, 0.2) is 6.10 Å². The summed E-state index contributed by atoms with van der Waals surface area (Å²) in [5.74, 6) is -1.61. The monoisotopic (exact) mass is 355 g/mol. The first-order valence-corrected chi connectivity index (χ1v) is 7.97. The molecule has 0 aliphatic rings. The Hall–Kier alpha value is -3.35. The molecule has 136 valence electrons. The number of nitrogens with two attached hydrogens (primary N) is 1. The molecule has 0 saturated carbocycles. The Morgan fingerprint density at radius 3 is 2.00 bits per heavy atom. The van der Waals surface area contributed by atoms with Gasteiger partial charge in [0.1, 0.15) is 0 Å². The van der Waals surface area contributed by atoms with E-state index in [1.807, 2.05) is 19.0 Å². The molecule has 0 fully saturated rings. The molecule has 2 aromatic carbocycles. The SMILES string of the molecule is C[C@H](OC(=O)c1ccc(N(C)C)cc1)C(=O)Nc1ccc(C(N)=O)cc1. The Morgan fingerprint density at radius 2 is 1.50 bits per heavy atom. The molecular formula is C19H21N3O4. The maximum atomic E-state index is 12.2. The van der Waals surface area contributed by atoms with Gasteiger partial charge in [-0.15, -0.1) is 0 Å². The highest BCUT2D eigenvalue weighted by atomic mass is 16.5. The van der Waals surface area contributed by atoms with E-state index in [1.54, 1.807) is 36.4 Å². The highest BCUT2D eigenvalue weighted by Gasteiger charge is 2.19. The lowest BCUT2D eigenvalue weighted by molar-refractivity contribution is -0.123. The second-order valence-electron chi connectivity index (χ2n) is 5.92. The number of carbonyl (C=O) groups is 3. The van der Waals surface area contributed by atoms with Gasteiger partial charge >= 0.3 is 5.97 Å². The molecule has 0 unspecified atom stereocenters. The third-order valence-electron chi connectivity index (χ3n) is 3.71. The van der Waals surface area contributed by atoms with Crippen LogP contribution in [0.5, 0.6) is 0 Å². The third kappa shape index (κ3) is 4.83. The van der Waals surface area contributed by atoms with Crippen LogP contribution in [0, 0.1) is 0 Å². The summed E-state index contributed by atoms with van der Waals surface area (Å²) in [7, 11) is 3.80. The molecule has 0 radical (unpaired) electrons. The summed E-state index contributed by atoms with van der Waals surface area (Å²) < 4.78 is 5.19. The molecule has 0 spiro atoms. The topological polar surface area (TPSA) is 102 Å². The first-order valence-electron chi connectivity index (χ1n) is 7.97. The van der Waals surface area contributed by atoms with Crippen molar-refractivity contribution in [2.24, 2.45) is 5.73 Å². The van der Waals surface area contributed by atoms with Crippen LogP contribution in [0.2, 0.25) is 0 Å². The summed E-state index contributed by atoms with van der Waals surface area (Å²) in [5, 5.41) is 2.61. The summed E-state index contributed by atoms with van der Waals surface area (Å²) >= 11 is 0. The summed E-state index contributed by atoms with van der Waals surface area (Å²) in [6.45, 7) is 1.49. The van der Waals surface area contributed by atoms with Crippen LogP contribution in [0.15, 0.2) is 48.5 Å². The minimum absolute atomic E-state index is 0.337. The van der Waals surface area contributed by atoms with E-state index in [4.69, 9.17) is 10.5 Å². The van der Waals surface area contributed by atoms with E-state index >= 15 is 0 Å². The molecule has 0 aromatic heterocycles. The van der Waals surface area contributed by atoms with E-state index in [-0.39, 0.29) is 0 Å². The Bertz CT molecular complexity index is 799. The first kappa shape index (κ1) is 19.0. The zero-order chi connectivity index (χ0) is 19.3. The van der Waals surface area contributed by atoms with Gasteiger partial charge in [-0.1, -0.05) is 0 Å². The van der Waals surface area contributed by atoms with E-state index in [0.29, 0.717) is 16.8 Å². The van der Waals surface area contributed by atoms with Crippen LogP contribution in [0.4, 0.5) is 11.4 Å². The molecule has 0 bridgehead atoms. The quantitative estimate of drug-likeness (QED) is 0.772. The first-order chi connectivity index (χ1) is 12.3. The van der Waals surface area contributed by atoms with Gasteiger partial charge in [0.25, 0.3) is 5.91 Å². The van der Waals surface area contributed by atoms with Crippen molar-refractivity contribution in [3.05, 3.63) is 59.7 Å². The average molecular weight is 355 g/mol. The predicted octanol–water partition coefficient (Wildman–Crippen LogP) is 2.04. The van der Waals surface area contributed by atoms with E-state index in [9.17, 15) is 14.4 Å². The van der Waals surface area contributed by atoms with Crippen LogP contribution in [0.25, 0.3) is 0 Å². The number of primary amides is 1. The van der Waals surface area contributed by atoms with Gasteiger partial charge in [-0.3, -0.25) is 9.59 Å². The lowest BCUT2D eigenvalue weighted by Crippen LogP contribution is -2.30. The van der Waals surface area contributed by atoms with Gasteiger partial charge in [0.2, 0.25) is 5.91 Å². The van der Waals surface area contributed by atoms with Crippen LogP contribution >= 0.6 is 0 Å². The molecule has 2 rings (SSSR count). The van der Waals surface area contributed by atoms with Crippen molar-refractivity contribution in [3.63, 3.8) is 0 Å². The van der Waals surface area contributed by atoms with E-state index < -0.39 is 23.9 Å². The number of nitrogens with one attached hydrogen (secondary N) is 1. The number of esters is 1. The van der Waals surface area contributed by atoms with Crippen LogP contribution in [-0.4, -0.2) is 38.0 Å². The molecule has 1 atom stereocenters. The number of amides is 2. The maximum absolute atomic E-state index is 12.2. The van der Waals surface area contributed by atoms with Gasteiger partial charge in [-0.25, -0.2) is 4.79 Å². The van der Waals surface area contributed by atoms with Crippen LogP contribution < -0.4 is 16.0 Å². The second kappa shape index (κ2) is 8.15. The fourth-order valence-corrected chi connectivity index (χ4v) is 2.14. The summed E-state index contributed by atoms with van der Waals surface area (Å²) in [6, 6.07) is 13.0. The second-order valence-corrected chi connectivity index (χ2v) is 5.92. The minimum atomic E-state index is -0.980. The van der Waals surface area contributed by atoms with Crippen molar-refractivity contribution >= 4 is 29.2 Å². The minimum Gasteiger partial charge on any atom is -0.449 e. The van der Waals surface area contributed by atoms with Crippen LogP contribution in [0.3, 0.4) is 0 Å². The van der Waals surface area contributed by atoms with E-state index in [0.717, 1.165) is 5.69 Å². The van der Waals surface area contributed by atoms with Crippen molar-refractivity contribution in [2.75, 3.05) is 24.3 Å². The number of ether oxygens (including phenoxy) is 1. The molecule has 2 aromatic rings. The Labute approximate surface area is 151 Å². The number of anilines is 2. The highest BCUT2D eigenvalue weighted by Crippen LogP contribution is 2.14. The van der Waals surface area contributed by atoms with Gasteiger partial charge in [-0.05, 0) is 55.5 Å². The van der Waals surface area contributed by atoms with Gasteiger partial charge in [0.05, 0.1) is 5.56 Å². The average Bonchev–Trinajstić information content (AvgIpc) is 2.62. The normalized spacial score (nSPS) is 11.3. The number of rotatable bonds is 6. The lowest BCUT2D eigenvalue weighted by atomic mass is 10.2. The molecule has 7 nitrogen and oxygen atoms in total. The smallest absolute Gasteiger partial charge is 0.338 e. The van der Waals surface area contributed by atoms with Crippen molar-refractivity contribution in [2.45, 2.75) is 13.0 Å².